The second kappa shape index (κ2) is 2.02. The summed E-state index contributed by atoms with van der Waals surface area (Å²) in [5.74, 6) is -0.0544. The number of fused-ring (bicyclic) bond motifs is 2. The second-order valence-corrected chi connectivity index (χ2v) is 2.56. The van der Waals surface area contributed by atoms with E-state index in [1.54, 1.807) is 0 Å². The zero-order valence-corrected chi connectivity index (χ0v) is 5.32. The summed E-state index contributed by atoms with van der Waals surface area (Å²) in [6.45, 7) is 0.306. The standard InChI is InChI=1S/C6H8O4/c7-3-1-4(8)6-9-2-5(3)10-6/h4-6,8H,1-2H2/t4-,5+,6+/m0/s1. The summed E-state index contributed by atoms with van der Waals surface area (Å²) in [5.41, 5.74) is 0. The number of ether oxygens (including phenoxy) is 2. The van der Waals surface area contributed by atoms with Crippen LogP contribution in [0.15, 0.2) is 0 Å². The van der Waals surface area contributed by atoms with Crippen molar-refractivity contribution in [2.45, 2.75) is 24.9 Å². The second-order valence-electron chi connectivity index (χ2n) is 2.56. The lowest BCUT2D eigenvalue weighted by Gasteiger charge is -2.21. The van der Waals surface area contributed by atoms with Crippen molar-refractivity contribution in [1.82, 2.24) is 0 Å². The Morgan fingerprint density at radius 1 is 1.60 bits per heavy atom. The molecule has 2 bridgehead atoms. The number of carbonyl (C=O) groups is 1. The number of ketones is 1. The monoisotopic (exact) mass is 144 g/mol. The minimum Gasteiger partial charge on any atom is -0.387 e. The first-order valence-electron chi connectivity index (χ1n) is 3.25. The van der Waals surface area contributed by atoms with Gasteiger partial charge in [-0.05, 0) is 0 Å². The van der Waals surface area contributed by atoms with Gasteiger partial charge < -0.3 is 14.6 Å². The first-order valence-corrected chi connectivity index (χ1v) is 3.25. The third-order valence-electron chi connectivity index (χ3n) is 1.79. The molecule has 2 fully saturated rings. The summed E-state index contributed by atoms with van der Waals surface area (Å²) < 4.78 is 9.97. The molecule has 0 amide bonds. The number of aliphatic hydroxyl groups is 1. The molecule has 4 heteroatoms. The predicted molar refractivity (Wildman–Crippen MR) is 30.2 cm³/mol. The van der Waals surface area contributed by atoms with Crippen molar-refractivity contribution in [1.29, 1.82) is 0 Å². The van der Waals surface area contributed by atoms with E-state index in [4.69, 9.17) is 14.6 Å². The van der Waals surface area contributed by atoms with Crippen molar-refractivity contribution in [2.75, 3.05) is 6.61 Å². The number of hydrogen-bond acceptors (Lipinski definition) is 4. The van der Waals surface area contributed by atoms with Crippen LogP contribution < -0.4 is 0 Å². The van der Waals surface area contributed by atoms with Crippen LogP contribution in [0.3, 0.4) is 0 Å². The molecule has 56 valence electrons. The fourth-order valence-corrected chi connectivity index (χ4v) is 1.23. The highest BCUT2D eigenvalue weighted by Crippen LogP contribution is 2.24. The molecule has 0 aromatic rings. The fourth-order valence-electron chi connectivity index (χ4n) is 1.23. The molecule has 10 heavy (non-hydrogen) atoms. The van der Waals surface area contributed by atoms with Crippen LogP contribution in [0.5, 0.6) is 0 Å². The van der Waals surface area contributed by atoms with E-state index in [1.807, 2.05) is 0 Å². The van der Waals surface area contributed by atoms with Gasteiger partial charge in [0.15, 0.2) is 12.1 Å². The van der Waals surface area contributed by atoms with Crippen molar-refractivity contribution < 1.29 is 19.4 Å². The summed E-state index contributed by atoms with van der Waals surface area (Å²) in [6, 6.07) is 0. The Morgan fingerprint density at radius 2 is 2.40 bits per heavy atom. The largest absolute Gasteiger partial charge is 0.387 e. The summed E-state index contributed by atoms with van der Waals surface area (Å²) in [4.78, 5) is 10.9. The molecule has 0 saturated carbocycles. The Kier molecular flexibility index (Phi) is 1.26. The van der Waals surface area contributed by atoms with Crippen LogP contribution in [0.25, 0.3) is 0 Å². The van der Waals surface area contributed by atoms with E-state index in [0.29, 0.717) is 6.61 Å². The molecule has 2 heterocycles. The number of rotatable bonds is 0. The lowest BCUT2D eigenvalue weighted by Crippen LogP contribution is -2.38. The van der Waals surface area contributed by atoms with Gasteiger partial charge in [-0.1, -0.05) is 0 Å². The lowest BCUT2D eigenvalue weighted by molar-refractivity contribution is -0.167. The molecule has 0 aromatic heterocycles. The SMILES string of the molecule is O=C1C[C@H](O)[C@@H]2OC[C@H]1O2. The lowest BCUT2D eigenvalue weighted by atomic mass is 10.1. The zero-order chi connectivity index (χ0) is 7.14. The van der Waals surface area contributed by atoms with Crippen molar-refractivity contribution in [3.05, 3.63) is 0 Å². The summed E-state index contributed by atoms with van der Waals surface area (Å²) in [6.07, 6.45) is -1.54. The molecule has 0 spiro atoms. The molecule has 2 saturated heterocycles. The number of Topliss-reactive ketones (excluding diaryl/α,β-unsaturated/α-hetero) is 1. The molecule has 1 N–H and O–H groups in total. The van der Waals surface area contributed by atoms with Gasteiger partial charge in [-0.25, -0.2) is 0 Å². The van der Waals surface area contributed by atoms with Crippen LogP contribution in [0.4, 0.5) is 0 Å². The van der Waals surface area contributed by atoms with E-state index in [9.17, 15) is 4.79 Å². The predicted octanol–water partition coefficient (Wildman–Crippen LogP) is -0.938. The molecule has 3 atom stereocenters. The summed E-state index contributed by atoms with van der Waals surface area (Å²) in [5, 5.41) is 9.10. The van der Waals surface area contributed by atoms with E-state index >= 15 is 0 Å². The van der Waals surface area contributed by atoms with E-state index in [0.717, 1.165) is 0 Å². The average Bonchev–Trinajstić information content (AvgIpc) is 2.28. The highest BCUT2D eigenvalue weighted by Gasteiger charge is 2.42. The maximum absolute atomic E-state index is 10.9. The quantitative estimate of drug-likeness (QED) is 0.476. The van der Waals surface area contributed by atoms with Gasteiger partial charge >= 0.3 is 0 Å². The number of carbonyl (C=O) groups excluding carboxylic acids is 1. The topological polar surface area (TPSA) is 55.8 Å². The average molecular weight is 144 g/mol. The Bertz CT molecular complexity index is 167. The van der Waals surface area contributed by atoms with E-state index in [-0.39, 0.29) is 12.2 Å². The Balaban J connectivity index is 2.16. The summed E-state index contributed by atoms with van der Waals surface area (Å²) >= 11 is 0. The number of hydrogen-bond donors (Lipinski definition) is 1. The van der Waals surface area contributed by atoms with Gasteiger partial charge in [-0.2, -0.15) is 0 Å². The van der Waals surface area contributed by atoms with Gasteiger partial charge in [0.05, 0.1) is 6.61 Å². The van der Waals surface area contributed by atoms with E-state index in [1.165, 1.54) is 0 Å². The van der Waals surface area contributed by atoms with Crippen LogP contribution in [0, 0.1) is 0 Å². The van der Waals surface area contributed by atoms with Crippen molar-refractivity contribution >= 4 is 5.78 Å². The van der Waals surface area contributed by atoms with Crippen LogP contribution in [0.1, 0.15) is 6.42 Å². The first kappa shape index (κ1) is 6.27. The molecular weight excluding hydrogens is 136 g/mol. The highest BCUT2D eigenvalue weighted by molar-refractivity contribution is 5.84. The minimum atomic E-state index is -0.758. The Labute approximate surface area is 57.7 Å². The van der Waals surface area contributed by atoms with Gasteiger partial charge in [0.25, 0.3) is 0 Å². The van der Waals surface area contributed by atoms with Crippen molar-refractivity contribution in [3.8, 4) is 0 Å². The van der Waals surface area contributed by atoms with Crippen molar-refractivity contribution in [2.24, 2.45) is 0 Å². The van der Waals surface area contributed by atoms with Crippen LogP contribution >= 0.6 is 0 Å². The smallest absolute Gasteiger partial charge is 0.184 e. The third kappa shape index (κ3) is 0.767. The molecule has 4 nitrogen and oxygen atoms in total. The van der Waals surface area contributed by atoms with Crippen LogP contribution in [-0.4, -0.2) is 36.0 Å². The third-order valence-corrected chi connectivity index (χ3v) is 1.79. The molecule has 0 aliphatic carbocycles. The minimum absolute atomic E-state index is 0.0544. The van der Waals surface area contributed by atoms with E-state index < -0.39 is 18.5 Å². The van der Waals surface area contributed by atoms with Crippen LogP contribution in [-0.2, 0) is 14.3 Å². The maximum Gasteiger partial charge on any atom is 0.184 e. The highest BCUT2D eigenvalue weighted by atomic mass is 16.7. The van der Waals surface area contributed by atoms with Gasteiger partial charge in [-0.15, -0.1) is 0 Å². The maximum atomic E-state index is 10.9. The Hall–Kier alpha value is -0.450. The molecule has 0 aromatic carbocycles. The summed E-state index contributed by atoms with van der Waals surface area (Å²) in [7, 11) is 0. The molecule has 2 aliphatic heterocycles. The van der Waals surface area contributed by atoms with Gasteiger partial charge in [-0.3, -0.25) is 4.79 Å². The normalized spacial score (nSPS) is 46.1. The molecule has 0 unspecified atom stereocenters. The van der Waals surface area contributed by atoms with Gasteiger partial charge in [0.1, 0.15) is 12.2 Å². The van der Waals surface area contributed by atoms with E-state index in [2.05, 4.69) is 0 Å². The molecule has 2 aliphatic rings. The van der Waals surface area contributed by atoms with Gasteiger partial charge in [0.2, 0.25) is 0 Å². The number of aliphatic hydroxyl groups excluding tert-OH is 1. The van der Waals surface area contributed by atoms with Crippen molar-refractivity contribution in [3.63, 3.8) is 0 Å². The molecule has 0 radical (unpaired) electrons. The van der Waals surface area contributed by atoms with Gasteiger partial charge in [0, 0.05) is 6.42 Å². The van der Waals surface area contributed by atoms with Crippen LogP contribution in [0.2, 0.25) is 0 Å². The molecular formula is C6H8O4. The molecule has 2 rings (SSSR count). The fraction of sp³-hybridized carbons (Fsp3) is 0.833. The zero-order valence-electron chi connectivity index (χ0n) is 5.32. The first-order chi connectivity index (χ1) is 4.77. The Morgan fingerprint density at radius 3 is 3.20 bits per heavy atom.